The summed E-state index contributed by atoms with van der Waals surface area (Å²) in [6.07, 6.45) is 3.85. The average Bonchev–Trinajstić information content (AvgIpc) is 2.61. The highest BCUT2D eigenvalue weighted by atomic mass is 127. The van der Waals surface area contributed by atoms with Crippen molar-refractivity contribution in [3.63, 3.8) is 0 Å². The molecule has 0 bridgehead atoms. The summed E-state index contributed by atoms with van der Waals surface area (Å²) in [5, 5.41) is 2.95. The lowest BCUT2D eigenvalue weighted by molar-refractivity contribution is -0.131. The molecule has 1 aromatic heterocycles. The van der Waals surface area contributed by atoms with E-state index in [4.69, 9.17) is 5.73 Å². The molecule has 1 aliphatic heterocycles. The molecule has 0 atom stereocenters. The van der Waals surface area contributed by atoms with E-state index in [1.807, 2.05) is 11.8 Å². The fourth-order valence-electron chi connectivity index (χ4n) is 2.34. The van der Waals surface area contributed by atoms with Crippen LogP contribution in [-0.4, -0.2) is 66.0 Å². The first-order chi connectivity index (χ1) is 11.6. The van der Waals surface area contributed by atoms with E-state index in [9.17, 15) is 4.79 Å². The fraction of sp³-hybridized carbons (Fsp3) is 0.500. The van der Waals surface area contributed by atoms with Gasteiger partial charge in [0.25, 0.3) is 0 Å². The number of carbonyl (C=O) groups is 1. The standard InChI is InChI=1S/C16H25N7O.HI/c1-13(2)12-21-15(17)18-7-4-14(24)22-8-10-23(11-9-22)16-19-5-3-6-20-16;/h3,5-6H,1,4,7-12H2,2H3,(H3,17,18,21);1H. The molecule has 1 saturated heterocycles. The zero-order valence-electron chi connectivity index (χ0n) is 14.5. The van der Waals surface area contributed by atoms with Crippen molar-refractivity contribution < 1.29 is 4.79 Å². The second-order valence-corrected chi connectivity index (χ2v) is 5.75. The maximum Gasteiger partial charge on any atom is 0.225 e. The number of nitrogens with two attached hydrogens (primary N) is 1. The number of piperazine rings is 1. The van der Waals surface area contributed by atoms with Gasteiger partial charge in [-0.3, -0.25) is 4.79 Å². The average molecular weight is 459 g/mol. The van der Waals surface area contributed by atoms with Gasteiger partial charge in [-0.1, -0.05) is 12.2 Å². The number of rotatable bonds is 6. The largest absolute Gasteiger partial charge is 0.370 e. The van der Waals surface area contributed by atoms with E-state index in [1.54, 1.807) is 18.5 Å². The normalized spacial score (nSPS) is 14.7. The molecule has 0 spiro atoms. The van der Waals surface area contributed by atoms with E-state index < -0.39 is 0 Å². The minimum atomic E-state index is 0. The molecule has 1 amide bonds. The smallest absolute Gasteiger partial charge is 0.225 e. The van der Waals surface area contributed by atoms with E-state index in [-0.39, 0.29) is 29.9 Å². The number of nitrogens with zero attached hydrogens (tertiary/aromatic N) is 5. The number of halogens is 1. The van der Waals surface area contributed by atoms with E-state index in [0.717, 1.165) is 18.7 Å². The van der Waals surface area contributed by atoms with Gasteiger partial charge in [0.15, 0.2) is 5.96 Å². The maximum atomic E-state index is 12.2. The highest BCUT2D eigenvalue weighted by Gasteiger charge is 2.21. The fourth-order valence-corrected chi connectivity index (χ4v) is 2.34. The summed E-state index contributed by atoms with van der Waals surface area (Å²) in [5.74, 6) is 1.17. The Balaban J connectivity index is 0.00000312. The summed E-state index contributed by atoms with van der Waals surface area (Å²) in [6.45, 7) is 9.46. The lowest BCUT2D eigenvalue weighted by Gasteiger charge is -2.34. The molecule has 0 aromatic carbocycles. The van der Waals surface area contributed by atoms with Crippen LogP contribution in [-0.2, 0) is 4.79 Å². The molecule has 9 heteroatoms. The van der Waals surface area contributed by atoms with Gasteiger partial charge in [-0.2, -0.15) is 0 Å². The molecule has 1 fully saturated rings. The molecule has 1 aliphatic rings. The summed E-state index contributed by atoms with van der Waals surface area (Å²) in [4.78, 5) is 28.8. The molecule has 1 aromatic rings. The van der Waals surface area contributed by atoms with E-state index in [1.165, 1.54) is 0 Å². The van der Waals surface area contributed by atoms with Crippen LogP contribution in [0.1, 0.15) is 13.3 Å². The molecule has 3 N–H and O–H groups in total. The van der Waals surface area contributed by atoms with Crippen LogP contribution in [0.5, 0.6) is 0 Å². The van der Waals surface area contributed by atoms with Crippen molar-refractivity contribution in [2.24, 2.45) is 10.7 Å². The lowest BCUT2D eigenvalue weighted by atomic mass is 10.3. The monoisotopic (exact) mass is 459 g/mol. The van der Waals surface area contributed by atoms with Crippen LogP contribution in [0.15, 0.2) is 35.6 Å². The van der Waals surface area contributed by atoms with Crippen LogP contribution in [0.25, 0.3) is 0 Å². The van der Waals surface area contributed by atoms with Crippen molar-refractivity contribution in [1.82, 2.24) is 20.2 Å². The predicted octanol–water partition coefficient (Wildman–Crippen LogP) is 0.614. The van der Waals surface area contributed by atoms with E-state index in [0.29, 0.717) is 44.5 Å². The number of aromatic nitrogens is 2. The molecule has 8 nitrogen and oxygen atoms in total. The summed E-state index contributed by atoms with van der Waals surface area (Å²) < 4.78 is 0. The van der Waals surface area contributed by atoms with Crippen LogP contribution in [0.2, 0.25) is 0 Å². The third kappa shape index (κ3) is 7.24. The summed E-state index contributed by atoms with van der Waals surface area (Å²) in [5.41, 5.74) is 6.66. The van der Waals surface area contributed by atoms with Crippen LogP contribution in [0.3, 0.4) is 0 Å². The van der Waals surface area contributed by atoms with Crippen LogP contribution >= 0.6 is 24.0 Å². The molecule has 2 heterocycles. The Morgan fingerprint density at radius 2 is 1.96 bits per heavy atom. The zero-order valence-corrected chi connectivity index (χ0v) is 16.8. The van der Waals surface area contributed by atoms with Gasteiger partial charge in [-0.15, -0.1) is 24.0 Å². The van der Waals surface area contributed by atoms with Crippen LogP contribution < -0.4 is 16.0 Å². The Kier molecular flexibility index (Phi) is 9.17. The molecule has 0 unspecified atom stereocenters. The first kappa shape index (κ1) is 21.1. The third-order valence-electron chi connectivity index (χ3n) is 3.63. The maximum absolute atomic E-state index is 12.2. The predicted molar refractivity (Wildman–Crippen MR) is 110 cm³/mol. The summed E-state index contributed by atoms with van der Waals surface area (Å²) >= 11 is 0. The minimum absolute atomic E-state index is 0. The minimum Gasteiger partial charge on any atom is -0.370 e. The van der Waals surface area contributed by atoms with Gasteiger partial charge in [-0.05, 0) is 13.0 Å². The van der Waals surface area contributed by atoms with Crippen LogP contribution in [0.4, 0.5) is 5.95 Å². The van der Waals surface area contributed by atoms with Crippen molar-refractivity contribution in [3.8, 4) is 0 Å². The first-order valence-corrected chi connectivity index (χ1v) is 8.04. The highest BCUT2D eigenvalue weighted by molar-refractivity contribution is 14.0. The van der Waals surface area contributed by atoms with Gasteiger partial charge >= 0.3 is 0 Å². The number of aliphatic imine (C=N–C) groups is 1. The third-order valence-corrected chi connectivity index (χ3v) is 3.63. The highest BCUT2D eigenvalue weighted by Crippen LogP contribution is 2.10. The quantitative estimate of drug-likeness (QED) is 0.280. The molecule has 0 saturated carbocycles. The number of nitrogens with one attached hydrogen (secondary N) is 1. The van der Waals surface area contributed by atoms with Crippen molar-refractivity contribution in [2.75, 3.05) is 44.2 Å². The molecule has 0 radical (unpaired) electrons. The molecular formula is C16H26IN7O. The second kappa shape index (κ2) is 10.9. The van der Waals surface area contributed by atoms with Crippen molar-refractivity contribution in [2.45, 2.75) is 13.3 Å². The van der Waals surface area contributed by atoms with Gasteiger partial charge in [0.2, 0.25) is 11.9 Å². The summed E-state index contributed by atoms with van der Waals surface area (Å²) in [7, 11) is 0. The second-order valence-electron chi connectivity index (χ2n) is 5.75. The Hall–Kier alpha value is -1.91. The Labute approximate surface area is 165 Å². The van der Waals surface area contributed by atoms with Crippen molar-refractivity contribution in [3.05, 3.63) is 30.6 Å². The van der Waals surface area contributed by atoms with Gasteiger partial charge in [-0.25, -0.2) is 15.0 Å². The Bertz CT molecular complexity index is 585. The number of hydrogen-bond acceptors (Lipinski definition) is 5. The molecule has 2 rings (SSSR count). The summed E-state index contributed by atoms with van der Waals surface area (Å²) in [6, 6.07) is 1.79. The molecule has 25 heavy (non-hydrogen) atoms. The van der Waals surface area contributed by atoms with E-state index in [2.05, 4.69) is 31.8 Å². The van der Waals surface area contributed by atoms with E-state index >= 15 is 0 Å². The number of anilines is 1. The number of guanidine groups is 1. The SMILES string of the molecule is C=C(C)CN=C(N)NCCC(=O)N1CCN(c2ncccn2)CC1.I. The topological polar surface area (TPSA) is 99.7 Å². The Morgan fingerprint density at radius 1 is 1.32 bits per heavy atom. The van der Waals surface area contributed by atoms with Gasteiger partial charge in [0, 0.05) is 51.5 Å². The number of amides is 1. The zero-order chi connectivity index (χ0) is 17.4. The van der Waals surface area contributed by atoms with Crippen molar-refractivity contribution in [1.29, 1.82) is 0 Å². The lowest BCUT2D eigenvalue weighted by Crippen LogP contribution is -2.49. The van der Waals surface area contributed by atoms with Gasteiger partial charge in [0.05, 0.1) is 6.54 Å². The van der Waals surface area contributed by atoms with Gasteiger partial charge < -0.3 is 20.9 Å². The number of hydrogen-bond donors (Lipinski definition) is 2. The van der Waals surface area contributed by atoms with Crippen molar-refractivity contribution >= 4 is 41.8 Å². The Morgan fingerprint density at radius 3 is 2.56 bits per heavy atom. The number of carbonyl (C=O) groups excluding carboxylic acids is 1. The molecular weight excluding hydrogens is 433 g/mol. The van der Waals surface area contributed by atoms with Crippen LogP contribution in [0, 0.1) is 0 Å². The molecule has 138 valence electrons. The first-order valence-electron chi connectivity index (χ1n) is 8.04. The molecule has 0 aliphatic carbocycles. The van der Waals surface area contributed by atoms with Gasteiger partial charge in [0.1, 0.15) is 0 Å².